The number of carboxylic acid groups (broad SMARTS) is 1. The molecule has 0 saturated heterocycles. The highest BCUT2D eigenvalue weighted by atomic mass is 16.4. The summed E-state index contributed by atoms with van der Waals surface area (Å²) in [6.45, 7) is 1.97. The largest absolute Gasteiger partial charge is 0.481 e. The van der Waals surface area contributed by atoms with Crippen LogP contribution in [0.3, 0.4) is 0 Å². The number of carboxylic acids is 1. The number of benzene rings is 2. The van der Waals surface area contributed by atoms with Crippen LogP contribution in [0, 0.1) is 6.92 Å². The number of amides is 1. The van der Waals surface area contributed by atoms with Gasteiger partial charge in [-0.05, 0) is 25.1 Å². The molecule has 3 rings (SSSR count). The Labute approximate surface area is 128 Å². The fourth-order valence-electron chi connectivity index (χ4n) is 2.77. The number of aryl methyl sites for hydroxylation is 1. The summed E-state index contributed by atoms with van der Waals surface area (Å²) in [5, 5.41) is 15.2. The quantitative estimate of drug-likeness (QED) is 0.810. The average molecular weight is 296 g/mol. The van der Waals surface area contributed by atoms with Gasteiger partial charge in [-0.25, -0.2) is 0 Å². The lowest BCUT2D eigenvalue weighted by atomic mass is 9.87. The number of hydrogen-bond donors (Lipinski definition) is 3. The van der Waals surface area contributed by atoms with E-state index in [9.17, 15) is 14.7 Å². The summed E-state index contributed by atoms with van der Waals surface area (Å²) in [6, 6.07) is 14.7. The lowest BCUT2D eigenvalue weighted by molar-refractivity contribution is -0.140. The average Bonchev–Trinajstić information content (AvgIpc) is 2.74. The van der Waals surface area contributed by atoms with Gasteiger partial charge in [-0.15, -0.1) is 0 Å². The van der Waals surface area contributed by atoms with E-state index in [-0.39, 0.29) is 12.3 Å². The molecule has 0 radical (unpaired) electrons. The van der Waals surface area contributed by atoms with Crippen LogP contribution in [0.2, 0.25) is 0 Å². The number of carbonyl (C=O) groups excluding carboxylic acids is 1. The topological polar surface area (TPSA) is 78.4 Å². The van der Waals surface area contributed by atoms with Gasteiger partial charge in [0.25, 0.3) is 5.91 Å². The SMILES string of the molecule is Cc1ccc(NC2(CC(=O)O)C(=O)Nc3ccccc32)cc1. The first-order valence-electron chi connectivity index (χ1n) is 6.99. The van der Waals surface area contributed by atoms with E-state index in [1.807, 2.05) is 37.3 Å². The first-order valence-corrected chi connectivity index (χ1v) is 6.99. The van der Waals surface area contributed by atoms with Crippen LogP contribution in [0.15, 0.2) is 48.5 Å². The summed E-state index contributed by atoms with van der Waals surface area (Å²) < 4.78 is 0. The third-order valence-electron chi connectivity index (χ3n) is 3.85. The first-order chi connectivity index (χ1) is 10.5. The fraction of sp³-hybridized carbons (Fsp3) is 0.176. The van der Waals surface area contributed by atoms with E-state index in [0.717, 1.165) is 5.56 Å². The highest BCUT2D eigenvalue weighted by molar-refractivity contribution is 6.09. The number of hydrogen-bond acceptors (Lipinski definition) is 3. The van der Waals surface area contributed by atoms with Crippen molar-refractivity contribution in [1.29, 1.82) is 0 Å². The minimum Gasteiger partial charge on any atom is -0.481 e. The fourth-order valence-corrected chi connectivity index (χ4v) is 2.77. The molecule has 2 aromatic rings. The van der Waals surface area contributed by atoms with Crippen LogP contribution in [0.25, 0.3) is 0 Å². The molecule has 0 aromatic heterocycles. The number of anilines is 2. The number of aliphatic carboxylic acids is 1. The maximum absolute atomic E-state index is 12.5. The molecule has 0 bridgehead atoms. The van der Waals surface area contributed by atoms with Crippen LogP contribution in [0.5, 0.6) is 0 Å². The summed E-state index contributed by atoms with van der Waals surface area (Å²) in [5.74, 6) is -1.39. The van der Waals surface area contributed by atoms with Crippen LogP contribution < -0.4 is 10.6 Å². The van der Waals surface area contributed by atoms with E-state index in [2.05, 4.69) is 10.6 Å². The molecule has 5 heteroatoms. The van der Waals surface area contributed by atoms with E-state index < -0.39 is 11.5 Å². The van der Waals surface area contributed by atoms with Crippen molar-refractivity contribution >= 4 is 23.3 Å². The van der Waals surface area contributed by atoms with Gasteiger partial charge < -0.3 is 15.7 Å². The van der Waals surface area contributed by atoms with Crippen molar-refractivity contribution in [2.75, 3.05) is 10.6 Å². The molecule has 1 heterocycles. The van der Waals surface area contributed by atoms with Crippen LogP contribution in [-0.4, -0.2) is 17.0 Å². The molecule has 0 aliphatic carbocycles. The number of nitrogens with one attached hydrogen (secondary N) is 2. The first kappa shape index (κ1) is 14.1. The van der Waals surface area contributed by atoms with Gasteiger partial charge in [0.05, 0.1) is 6.42 Å². The maximum Gasteiger partial charge on any atom is 0.306 e. The number of para-hydroxylation sites is 1. The molecule has 1 atom stereocenters. The zero-order chi connectivity index (χ0) is 15.7. The Morgan fingerprint density at radius 1 is 1.18 bits per heavy atom. The molecule has 0 spiro atoms. The summed E-state index contributed by atoms with van der Waals surface area (Å²) in [5.41, 5.74) is 1.81. The van der Waals surface area contributed by atoms with Crippen molar-refractivity contribution in [3.63, 3.8) is 0 Å². The summed E-state index contributed by atoms with van der Waals surface area (Å²) in [7, 11) is 0. The highest BCUT2D eigenvalue weighted by Crippen LogP contribution is 2.40. The third kappa shape index (κ3) is 2.30. The Morgan fingerprint density at radius 2 is 1.86 bits per heavy atom. The molecule has 1 amide bonds. The van der Waals surface area contributed by atoms with E-state index in [4.69, 9.17) is 0 Å². The second-order valence-electron chi connectivity index (χ2n) is 5.47. The zero-order valence-electron chi connectivity index (χ0n) is 12.1. The van der Waals surface area contributed by atoms with Gasteiger partial charge in [0, 0.05) is 16.9 Å². The van der Waals surface area contributed by atoms with Crippen molar-refractivity contribution < 1.29 is 14.7 Å². The van der Waals surface area contributed by atoms with Crippen LogP contribution in [-0.2, 0) is 15.1 Å². The number of carbonyl (C=O) groups is 2. The van der Waals surface area contributed by atoms with Crippen molar-refractivity contribution in [2.24, 2.45) is 0 Å². The highest BCUT2D eigenvalue weighted by Gasteiger charge is 2.48. The van der Waals surface area contributed by atoms with Crippen molar-refractivity contribution in [2.45, 2.75) is 18.9 Å². The molecule has 3 N–H and O–H groups in total. The number of fused-ring (bicyclic) bond motifs is 1. The van der Waals surface area contributed by atoms with E-state index >= 15 is 0 Å². The molecule has 0 saturated carbocycles. The van der Waals surface area contributed by atoms with Crippen LogP contribution >= 0.6 is 0 Å². The summed E-state index contributed by atoms with van der Waals surface area (Å²) in [6.07, 6.45) is -0.330. The second kappa shape index (κ2) is 5.18. The predicted molar refractivity (Wildman–Crippen MR) is 83.8 cm³/mol. The van der Waals surface area contributed by atoms with E-state index in [1.54, 1.807) is 18.2 Å². The van der Waals surface area contributed by atoms with Gasteiger partial charge in [-0.2, -0.15) is 0 Å². The summed E-state index contributed by atoms with van der Waals surface area (Å²) in [4.78, 5) is 23.9. The minimum absolute atomic E-state index is 0.330. The number of rotatable bonds is 4. The van der Waals surface area contributed by atoms with Gasteiger partial charge in [0.2, 0.25) is 0 Å². The maximum atomic E-state index is 12.5. The molecular weight excluding hydrogens is 280 g/mol. The zero-order valence-corrected chi connectivity index (χ0v) is 12.1. The lowest BCUT2D eigenvalue weighted by Gasteiger charge is -2.28. The Hall–Kier alpha value is -2.82. The van der Waals surface area contributed by atoms with Crippen LogP contribution in [0.4, 0.5) is 11.4 Å². The molecule has 1 aliphatic rings. The molecule has 5 nitrogen and oxygen atoms in total. The van der Waals surface area contributed by atoms with Crippen LogP contribution in [0.1, 0.15) is 17.5 Å². The Morgan fingerprint density at radius 3 is 2.55 bits per heavy atom. The minimum atomic E-state index is -1.29. The molecular formula is C17H16N2O3. The smallest absolute Gasteiger partial charge is 0.306 e. The molecule has 2 aromatic carbocycles. The molecule has 22 heavy (non-hydrogen) atoms. The molecule has 1 aliphatic heterocycles. The Kier molecular flexibility index (Phi) is 3.33. The van der Waals surface area contributed by atoms with Gasteiger partial charge in [0.1, 0.15) is 0 Å². The van der Waals surface area contributed by atoms with Gasteiger partial charge in [0.15, 0.2) is 5.54 Å². The van der Waals surface area contributed by atoms with Crippen molar-refractivity contribution in [3.8, 4) is 0 Å². The molecule has 0 fully saturated rings. The van der Waals surface area contributed by atoms with E-state index in [1.165, 1.54) is 0 Å². The summed E-state index contributed by atoms with van der Waals surface area (Å²) >= 11 is 0. The van der Waals surface area contributed by atoms with Gasteiger partial charge in [-0.1, -0.05) is 35.9 Å². The molecule has 112 valence electrons. The third-order valence-corrected chi connectivity index (χ3v) is 3.85. The normalized spacial score (nSPS) is 19.4. The Bertz CT molecular complexity index is 740. The Balaban J connectivity index is 2.07. The van der Waals surface area contributed by atoms with Gasteiger partial charge >= 0.3 is 5.97 Å². The lowest BCUT2D eigenvalue weighted by Crippen LogP contribution is -2.44. The molecule has 1 unspecified atom stereocenters. The second-order valence-corrected chi connectivity index (χ2v) is 5.47. The predicted octanol–water partition coefficient (Wildman–Crippen LogP) is 2.73. The monoisotopic (exact) mass is 296 g/mol. The van der Waals surface area contributed by atoms with Crippen molar-refractivity contribution in [1.82, 2.24) is 0 Å². The van der Waals surface area contributed by atoms with Crippen molar-refractivity contribution in [3.05, 3.63) is 59.7 Å². The van der Waals surface area contributed by atoms with E-state index in [0.29, 0.717) is 16.9 Å². The standard InChI is InChI=1S/C17H16N2O3/c1-11-6-8-12(9-7-11)19-17(10-15(20)21)13-4-2-3-5-14(13)18-16(17)22/h2-9,19H,10H2,1H3,(H,18,22)(H,20,21). The van der Waals surface area contributed by atoms with Gasteiger partial charge in [-0.3, -0.25) is 9.59 Å².